The zero-order valence-electron chi connectivity index (χ0n) is 5.95. The lowest BCUT2D eigenvalue weighted by molar-refractivity contribution is 1.60. The normalized spacial score (nSPS) is 10.2. The van der Waals surface area contributed by atoms with E-state index < -0.39 is 0 Å². The second kappa shape index (κ2) is 2.47. The van der Waals surface area contributed by atoms with E-state index in [1.807, 2.05) is 18.3 Å². The van der Waals surface area contributed by atoms with Crippen molar-refractivity contribution >= 4 is 27.7 Å². The Morgan fingerprint density at radius 2 is 2.36 bits per heavy atom. The van der Waals surface area contributed by atoms with Crippen molar-refractivity contribution in [2.75, 3.05) is 0 Å². The Hall–Kier alpha value is -1.15. The molecule has 1 aromatic carbocycles. The molecule has 2 rings (SSSR count). The molecule has 0 radical (unpaired) electrons. The number of hydrogen-bond acceptors (Lipinski definition) is 2. The Balaban J connectivity index is 2.76. The van der Waals surface area contributed by atoms with E-state index in [4.69, 9.17) is 0 Å². The molecule has 0 N–H and O–H groups in total. The first-order valence-corrected chi connectivity index (χ1v) is 4.14. The molecule has 54 valence electrons. The summed E-state index contributed by atoms with van der Waals surface area (Å²) in [5, 5.41) is 1.20. The Bertz CT molecular complexity index is 389. The van der Waals surface area contributed by atoms with E-state index >= 15 is 0 Å². The van der Waals surface area contributed by atoms with Crippen LogP contribution in [0.5, 0.6) is 0 Å². The summed E-state index contributed by atoms with van der Waals surface area (Å²) in [5.74, 6) is 0. The van der Waals surface area contributed by atoms with Crippen molar-refractivity contribution in [3.63, 3.8) is 0 Å². The number of fused-ring (bicyclic) bond motifs is 1. The van der Waals surface area contributed by atoms with Crippen molar-refractivity contribution in [2.24, 2.45) is 0 Å². The van der Waals surface area contributed by atoms with Crippen LogP contribution in [0.4, 0.5) is 0 Å². The molecule has 11 heavy (non-hydrogen) atoms. The molecule has 0 aliphatic rings. The SMILES string of the molecule is C=Cc1ccc2sncc2c1. The molecule has 0 bridgehead atoms. The fourth-order valence-electron chi connectivity index (χ4n) is 1.02. The van der Waals surface area contributed by atoms with E-state index in [9.17, 15) is 0 Å². The summed E-state index contributed by atoms with van der Waals surface area (Å²) in [6.07, 6.45) is 3.73. The van der Waals surface area contributed by atoms with Gasteiger partial charge in [0.2, 0.25) is 0 Å². The van der Waals surface area contributed by atoms with Gasteiger partial charge in [-0.2, -0.15) is 4.37 Å². The summed E-state index contributed by atoms with van der Waals surface area (Å²) in [6.45, 7) is 3.71. The van der Waals surface area contributed by atoms with Gasteiger partial charge in [0.15, 0.2) is 0 Å². The lowest BCUT2D eigenvalue weighted by Gasteiger charge is -1.90. The van der Waals surface area contributed by atoms with E-state index in [0.717, 1.165) is 5.56 Å². The van der Waals surface area contributed by atoms with Crippen LogP contribution >= 0.6 is 11.5 Å². The van der Waals surface area contributed by atoms with E-state index in [0.29, 0.717) is 0 Å². The van der Waals surface area contributed by atoms with Crippen LogP contribution in [0.15, 0.2) is 31.0 Å². The van der Waals surface area contributed by atoms with Crippen molar-refractivity contribution in [2.45, 2.75) is 0 Å². The van der Waals surface area contributed by atoms with Gasteiger partial charge in [-0.05, 0) is 29.2 Å². The monoisotopic (exact) mass is 161 g/mol. The number of aromatic nitrogens is 1. The predicted octanol–water partition coefficient (Wildman–Crippen LogP) is 2.94. The van der Waals surface area contributed by atoms with Crippen LogP contribution in [0, 0.1) is 0 Å². The van der Waals surface area contributed by atoms with Gasteiger partial charge >= 0.3 is 0 Å². The van der Waals surface area contributed by atoms with E-state index in [-0.39, 0.29) is 0 Å². The van der Waals surface area contributed by atoms with Crippen LogP contribution in [0.1, 0.15) is 5.56 Å². The minimum absolute atomic E-state index is 1.15. The third-order valence-corrected chi connectivity index (χ3v) is 2.39. The second-order valence-corrected chi connectivity index (χ2v) is 3.16. The lowest BCUT2D eigenvalue weighted by Crippen LogP contribution is -1.67. The maximum Gasteiger partial charge on any atom is 0.0550 e. The molecule has 0 spiro atoms. The van der Waals surface area contributed by atoms with E-state index in [2.05, 4.69) is 23.1 Å². The highest BCUT2D eigenvalue weighted by molar-refractivity contribution is 7.13. The molecule has 2 aromatic rings. The van der Waals surface area contributed by atoms with Crippen LogP contribution in [0.25, 0.3) is 16.2 Å². The molecule has 1 heterocycles. The summed E-state index contributed by atoms with van der Waals surface area (Å²) in [6, 6.07) is 6.21. The fourth-order valence-corrected chi connectivity index (χ4v) is 1.64. The van der Waals surface area contributed by atoms with Crippen molar-refractivity contribution in [3.8, 4) is 0 Å². The Labute approximate surface area is 69.2 Å². The number of nitrogens with zero attached hydrogens (tertiary/aromatic N) is 1. The third kappa shape index (κ3) is 1.05. The average Bonchev–Trinajstić information content (AvgIpc) is 2.50. The third-order valence-electron chi connectivity index (χ3n) is 1.61. The summed E-state index contributed by atoms with van der Waals surface area (Å²) >= 11 is 1.52. The van der Waals surface area contributed by atoms with Gasteiger partial charge in [0.25, 0.3) is 0 Å². The van der Waals surface area contributed by atoms with E-state index in [1.165, 1.54) is 21.6 Å². The van der Waals surface area contributed by atoms with Gasteiger partial charge < -0.3 is 0 Å². The molecule has 0 atom stereocenters. The van der Waals surface area contributed by atoms with Crippen molar-refractivity contribution in [3.05, 3.63) is 36.5 Å². The fraction of sp³-hybridized carbons (Fsp3) is 0. The largest absolute Gasteiger partial charge is 0.200 e. The molecule has 1 nitrogen and oxygen atoms in total. The first kappa shape index (κ1) is 6.55. The molecular weight excluding hydrogens is 154 g/mol. The molecule has 1 aromatic heterocycles. The Kier molecular flexibility index (Phi) is 1.47. The van der Waals surface area contributed by atoms with Gasteiger partial charge in [0, 0.05) is 11.6 Å². The van der Waals surface area contributed by atoms with Crippen LogP contribution < -0.4 is 0 Å². The smallest absolute Gasteiger partial charge is 0.0550 e. The molecular formula is C9H7NS. The van der Waals surface area contributed by atoms with Crippen molar-refractivity contribution in [1.82, 2.24) is 4.37 Å². The van der Waals surface area contributed by atoms with Crippen LogP contribution in [0.2, 0.25) is 0 Å². The molecule has 2 heteroatoms. The topological polar surface area (TPSA) is 12.9 Å². The Morgan fingerprint density at radius 3 is 3.18 bits per heavy atom. The summed E-state index contributed by atoms with van der Waals surface area (Å²) < 4.78 is 5.32. The summed E-state index contributed by atoms with van der Waals surface area (Å²) in [7, 11) is 0. The van der Waals surface area contributed by atoms with Gasteiger partial charge in [-0.15, -0.1) is 0 Å². The number of hydrogen-bond donors (Lipinski definition) is 0. The van der Waals surface area contributed by atoms with Gasteiger partial charge in [-0.1, -0.05) is 18.7 Å². The minimum Gasteiger partial charge on any atom is -0.200 e. The van der Waals surface area contributed by atoms with Crippen molar-refractivity contribution in [1.29, 1.82) is 0 Å². The van der Waals surface area contributed by atoms with Gasteiger partial charge in [-0.3, -0.25) is 0 Å². The first-order chi connectivity index (χ1) is 5.40. The summed E-state index contributed by atoms with van der Waals surface area (Å²) in [4.78, 5) is 0. The average molecular weight is 161 g/mol. The molecule has 0 fully saturated rings. The maximum atomic E-state index is 4.08. The lowest BCUT2D eigenvalue weighted by atomic mass is 10.2. The second-order valence-electron chi connectivity index (χ2n) is 2.33. The molecule has 0 unspecified atom stereocenters. The van der Waals surface area contributed by atoms with Crippen LogP contribution in [-0.2, 0) is 0 Å². The Morgan fingerprint density at radius 1 is 1.45 bits per heavy atom. The highest BCUT2D eigenvalue weighted by atomic mass is 32.1. The van der Waals surface area contributed by atoms with Crippen LogP contribution in [-0.4, -0.2) is 4.37 Å². The zero-order chi connectivity index (χ0) is 7.68. The van der Waals surface area contributed by atoms with Crippen molar-refractivity contribution < 1.29 is 0 Å². The maximum absolute atomic E-state index is 4.08. The molecule has 0 amide bonds. The number of rotatable bonds is 1. The highest BCUT2D eigenvalue weighted by Gasteiger charge is 1.94. The molecule has 0 aliphatic heterocycles. The number of benzene rings is 1. The quantitative estimate of drug-likeness (QED) is 0.626. The molecule has 0 saturated carbocycles. The van der Waals surface area contributed by atoms with E-state index in [1.54, 1.807) is 0 Å². The minimum atomic E-state index is 1.15. The van der Waals surface area contributed by atoms with Gasteiger partial charge in [-0.25, -0.2) is 0 Å². The van der Waals surface area contributed by atoms with Gasteiger partial charge in [0.1, 0.15) is 0 Å². The molecule has 0 saturated heterocycles. The predicted molar refractivity (Wildman–Crippen MR) is 49.7 cm³/mol. The summed E-state index contributed by atoms with van der Waals surface area (Å²) in [5.41, 5.74) is 1.15. The molecule has 0 aliphatic carbocycles. The zero-order valence-corrected chi connectivity index (χ0v) is 6.77. The standard InChI is InChI=1S/C9H7NS/c1-2-7-3-4-9-8(5-7)6-10-11-9/h2-6H,1H2. The first-order valence-electron chi connectivity index (χ1n) is 3.37. The van der Waals surface area contributed by atoms with Gasteiger partial charge in [0.05, 0.1) is 4.70 Å². The van der Waals surface area contributed by atoms with Crippen LogP contribution in [0.3, 0.4) is 0 Å². The highest BCUT2D eigenvalue weighted by Crippen LogP contribution is 2.19.